The lowest BCUT2D eigenvalue weighted by atomic mass is 10.2. The Kier molecular flexibility index (Phi) is 4.76. The number of furan rings is 1. The van der Waals surface area contributed by atoms with Crippen molar-refractivity contribution in [3.8, 4) is 10.8 Å². The maximum Gasteiger partial charge on any atom is 0.228 e. The van der Waals surface area contributed by atoms with Gasteiger partial charge in [-0.3, -0.25) is 4.79 Å². The molecule has 0 aliphatic carbocycles. The van der Waals surface area contributed by atoms with Gasteiger partial charge in [-0.15, -0.1) is 11.3 Å². The number of hydrogen-bond donors (Lipinski definition) is 0. The number of pyridine rings is 1. The first kappa shape index (κ1) is 18.3. The quantitative estimate of drug-likeness (QED) is 0.497. The molecule has 1 amide bonds. The summed E-state index contributed by atoms with van der Waals surface area (Å²) in [5.41, 5.74) is 1.72. The van der Waals surface area contributed by atoms with Crippen LogP contribution in [-0.4, -0.2) is 51.9 Å². The fourth-order valence-corrected chi connectivity index (χ4v) is 5.10. The third-order valence-electron chi connectivity index (χ3n) is 4.89. The maximum absolute atomic E-state index is 12.7. The van der Waals surface area contributed by atoms with Crippen LogP contribution in [0.2, 0.25) is 0 Å². The number of amides is 1. The van der Waals surface area contributed by atoms with Crippen LogP contribution >= 0.6 is 22.7 Å². The molecule has 4 aromatic rings. The second kappa shape index (κ2) is 7.57. The molecule has 0 radical (unpaired) electrons. The maximum atomic E-state index is 12.7. The molecule has 4 aromatic heterocycles. The highest BCUT2D eigenvalue weighted by molar-refractivity contribution is 7.21. The van der Waals surface area contributed by atoms with Crippen molar-refractivity contribution in [1.82, 2.24) is 19.9 Å². The molecule has 9 heteroatoms. The van der Waals surface area contributed by atoms with Crippen LogP contribution in [-0.2, 0) is 11.2 Å². The first-order valence-corrected chi connectivity index (χ1v) is 11.1. The Bertz CT molecular complexity index is 1120. The number of carbonyl (C=O) groups excluding carboxylic acids is 1. The molecule has 0 saturated carbocycles. The molecule has 1 saturated heterocycles. The second-order valence-corrected chi connectivity index (χ2v) is 8.74. The zero-order valence-electron chi connectivity index (χ0n) is 15.9. The number of aryl methyl sites for hydroxylation is 1. The van der Waals surface area contributed by atoms with Gasteiger partial charge >= 0.3 is 0 Å². The molecule has 7 nitrogen and oxygen atoms in total. The molecular formula is C20H19N5O2S2. The van der Waals surface area contributed by atoms with E-state index in [4.69, 9.17) is 4.42 Å². The first-order valence-electron chi connectivity index (χ1n) is 9.41. The van der Waals surface area contributed by atoms with Crippen molar-refractivity contribution in [2.45, 2.75) is 13.3 Å². The van der Waals surface area contributed by atoms with Gasteiger partial charge in [0, 0.05) is 37.8 Å². The van der Waals surface area contributed by atoms with Gasteiger partial charge in [-0.25, -0.2) is 15.0 Å². The first-order chi connectivity index (χ1) is 14.2. The molecule has 0 bridgehead atoms. The topological polar surface area (TPSA) is 75.4 Å². The van der Waals surface area contributed by atoms with Gasteiger partial charge < -0.3 is 14.2 Å². The van der Waals surface area contributed by atoms with Crippen molar-refractivity contribution in [1.29, 1.82) is 0 Å². The lowest BCUT2D eigenvalue weighted by Crippen LogP contribution is -2.49. The highest BCUT2D eigenvalue weighted by atomic mass is 32.1. The van der Waals surface area contributed by atoms with E-state index in [-0.39, 0.29) is 5.91 Å². The molecule has 1 fully saturated rings. The molecule has 29 heavy (non-hydrogen) atoms. The molecule has 0 spiro atoms. The highest BCUT2D eigenvalue weighted by Gasteiger charge is 2.24. The zero-order chi connectivity index (χ0) is 19.8. The van der Waals surface area contributed by atoms with Gasteiger partial charge in [0.15, 0.2) is 15.9 Å². The van der Waals surface area contributed by atoms with E-state index in [1.165, 1.54) is 11.3 Å². The molecule has 1 aliphatic rings. The number of piperazine rings is 1. The lowest BCUT2D eigenvalue weighted by molar-refractivity contribution is -0.130. The summed E-state index contributed by atoms with van der Waals surface area (Å²) in [5, 5.41) is 3.73. The van der Waals surface area contributed by atoms with Gasteiger partial charge in [0.25, 0.3) is 0 Å². The van der Waals surface area contributed by atoms with Crippen LogP contribution in [0.4, 0.5) is 5.13 Å². The number of anilines is 1. The lowest BCUT2D eigenvalue weighted by Gasteiger charge is -2.34. The normalized spacial score (nSPS) is 14.7. The molecule has 5 heterocycles. The van der Waals surface area contributed by atoms with Gasteiger partial charge in [-0.1, -0.05) is 11.3 Å². The van der Waals surface area contributed by atoms with E-state index in [0.29, 0.717) is 19.5 Å². The minimum Gasteiger partial charge on any atom is -0.459 e. The molecule has 0 atom stereocenters. The number of aromatic nitrogens is 3. The summed E-state index contributed by atoms with van der Waals surface area (Å²) in [6.45, 7) is 4.85. The summed E-state index contributed by atoms with van der Waals surface area (Å²) in [7, 11) is 0. The van der Waals surface area contributed by atoms with Crippen molar-refractivity contribution in [2.75, 3.05) is 31.1 Å². The summed E-state index contributed by atoms with van der Waals surface area (Å²) < 4.78 is 5.62. The van der Waals surface area contributed by atoms with Crippen LogP contribution in [0.3, 0.4) is 0 Å². The number of nitrogens with zero attached hydrogens (tertiary/aromatic N) is 5. The molecule has 0 unspecified atom stereocenters. The summed E-state index contributed by atoms with van der Waals surface area (Å²) in [4.78, 5) is 31.4. The molecule has 1 aliphatic heterocycles. The van der Waals surface area contributed by atoms with Crippen LogP contribution in [0.1, 0.15) is 11.5 Å². The fraction of sp³-hybridized carbons (Fsp3) is 0.300. The summed E-state index contributed by atoms with van der Waals surface area (Å²) in [6, 6.07) is 7.72. The monoisotopic (exact) mass is 425 g/mol. The number of carbonyl (C=O) groups is 1. The van der Waals surface area contributed by atoms with Crippen LogP contribution in [0, 0.1) is 6.92 Å². The Morgan fingerprint density at radius 3 is 2.79 bits per heavy atom. The molecule has 0 N–H and O–H groups in total. The van der Waals surface area contributed by atoms with Crippen molar-refractivity contribution >= 4 is 44.1 Å². The fourth-order valence-electron chi connectivity index (χ4n) is 3.36. The SMILES string of the molecule is Cc1ccc(-c2nc(CC(=O)N3CCN(c4nc5cccnc5s4)CC3)cs2)o1. The van der Waals surface area contributed by atoms with Crippen LogP contribution in [0.15, 0.2) is 40.3 Å². The van der Waals surface area contributed by atoms with Gasteiger partial charge in [-0.2, -0.15) is 0 Å². The Labute approximate surface area is 175 Å². The standard InChI is InChI=1S/C20H19N5O2S2/c1-13-4-5-16(27-13)19-22-14(12-28-19)11-17(26)24-7-9-25(10-8-24)20-23-15-3-2-6-21-18(15)29-20/h2-6,12H,7-11H2,1H3. The average Bonchev–Trinajstić information content (AvgIpc) is 3.47. The zero-order valence-corrected chi connectivity index (χ0v) is 17.5. The largest absolute Gasteiger partial charge is 0.459 e. The summed E-state index contributed by atoms with van der Waals surface area (Å²) in [5.74, 6) is 1.72. The Balaban J connectivity index is 1.20. The number of rotatable bonds is 4. The molecule has 0 aromatic carbocycles. The van der Waals surface area contributed by atoms with Crippen LogP contribution in [0.5, 0.6) is 0 Å². The van der Waals surface area contributed by atoms with E-state index < -0.39 is 0 Å². The van der Waals surface area contributed by atoms with E-state index in [0.717, 1.165) is 50.8 Å². The number of hydrogen-bond acceptors (Lipinski definition) is 8. The predicted molar refractivity (Wildman–Crippen MR) is 114 cm³/mol. The van der Waals surface area contributed by atoms with Gasteiger partial charge in [0.05, 0.1) is 12.1 Å². The van der Waals surface area contributed by atoms with Crippen molar-refractivity contribution in [3.63, 3.8) is 0 Å². The Hall–Kier alpha value is -2.78. The highest BCUT2D eigenvalue weighted by Crippen LogP contribution is 2.28. The van der Waals surface area contributed by atoms with E-state index in [1.807, 2.05) is 41.5 Å². The Morgan fingerprint density at radius 1 is 1.17 bits per heavy atom. The van der Waals surface area contributed by atoms with Crippen molar-refractivity contribution < 1.29 is 9.21 Å². The smallest absolute Gasteiger partial charge is 0.228 e. The van der Waals surface area contributed by atoms with Gasteiger partial charge in [-0.05, 0) is 31.2 Å². The second-order valence-electron chi connectivity index (χ2n) is 6.92. The summed E-state index contributed by atoms with van der Waals surface area (Å²) >= 11 is 3.11. The van der Waals surface area contributed by atoms with E-state index in [2.05, 4.69) is 19.9 Å². The third-order valence-corrected chi connectivity index (χ3v) is 6.84. The van der Waals surface area contributed by atoms with Gasteiger partial charge in [0.2, 0.25) is 5.91 Å². The van der Waals surface area contributed by atoms with Gasteiger partial charge in [0.1, 0.15) is 16.1 Å². The van der Waals surface area contributed by atoms with E-state index in [9.17, 15) is 4.79 Å². The third kappa shape index (κ3) is 3.75. The van der Waals surface area contributed by atoms with Crippen molar-refractivity contribution in [2.24, 2.45) is 0 Å². The van der Waals surface area contributed by atoms with Crippen LogP contribution < -0.4 is 4.90 Å². The minimum absolute atomic E-state index is 0.114. The number of fused-ring (bicyclic) bond motifs is 1. The average molecular weight is 426 g/mol. The van der Waals surface area contributed by atoms with E-state index in [1.54, 1.807) is 17.5 Å². The Morgan fingerprint density at radius 2 is 2.03 bits per heavy atom. The van der Waals surface area contributed by atoms with Crippen molar-refractivity contribution in [3.05, 3.63) is 47.3 Å². The molecule has 5 rings (SSSR count). The molecule has 148 valence electrons. The summed E-state index contributed by atoms with van der Waals surface area (Å²) in [6.07, 6.45) is 2.11. The predicted octanol–water partition coefficient (Wildman–Crippen LogP) is 3.61. The van der Waals surface area contributed by atoms with Crippen LogP contribution in [0.25, 0.3) is 21.1 Å². The number of thiazole rings is 2. The van der Waals surface area contributed by atoms with E-state index >= 15 is 0 Å². The minimum atomic E-state index is 0.114. The molecular weight excluding hydrogens is 406 g/mol.